The molecule has 0 unspecified atom stereocenters. The lowest BCUT2D eigenvalue weighted by atomic mass is 9.93. The number of nitrogens with zero attached hydrogens (tertiary/aromatic N) is 5. The summed E-state index contributed by atoms with van der Waals surface area (Å²) in [7, 11) is 0. The van der Waals surface area contributed by atoms with E-state index in [0.717, 1.165) is 65.7 Å². The number of benzene rings is 1. The fraction of sp³-hybridized carbons (Fsp3) is 0.290. The van der Waals surface area contributed by atoms with E-state index in [0.29, 0.717) is 18.1 Å². The normalized spacial score (nSPS) is 13.9. The van der Waals surface area contributed by atoms with Crippen LogP contribution in [0.25, 0.3) is 28.0 Å². The Hall–Kier alpha value is -4.70. The van der Waals surface area contributed by atoms with Crippen molar-refractivity contribution in [3.05, 3.63) is 84.5 Å². The molecule has 0 atom stereocenters. The third-order valence-corrected chi connectivity index (χ3v) is 7.12. The summed E-state index contributed by atoms with van der Waals surface area (Å²) in [6.07, 6.45) is 5.84. The quantitative estimate of drug-likeness (QED) is 0.286. The minimum absolute atomic E-state index is 0.179. The van der Waals surface area contributed by atoms with E-state index in [9.17, 15) is 4.79 Å². The molecule has 1 aromatic carbocycles. The maximum absolute atomic E-state index is 12.3. The molecule has 6 rings (SSSR count). The van der Waals surface area contributed by atoms with Gasteiger partial charge in [-0.25, -0.2) is 14.8 Å². The highest BCUT2D eigenvalue weighted by molar-refractivity contribution is 5.88. The first-order chi connectivity index (χ1) is 19.8. The lowest BCUT2D eigenvalue weighted by Gasteiger charge is -2.27. The van der Waals surface area contributed by atoms with Crippen LogP contribution in [-0.4, -0.2) is 51.9 Å². The Kier molecular flexibility index (Phi) is 7.15. The third-order valence-electron chi connectivity index (χ3n) is 7.12. The SMILES string of the molecule is CC(C)(C)c1cc(NC(=O)NCc2ccc(-c3cnc4cc(-c5ccc(N6CCOCC6)nc5)ccn34)cc2)no1. The highest BCUT2D eigenvalue weighted by atomic mass is 16.5. The summed E-state index contributed by atoms with van der Waals surface area (Å²) >= 11 is 0. The van der Waals surface area contributed by atoms with Gasteiger partial charge in [0.05, 0.1) is 25.1 Å². The molecule has 1 aliphatic rings. The molecule has 210 valence electrons. The van der Waals surface area contributed by atoms with E-state index >= 15 is 0 Å². The summed E-state index contributed by atoms with van der Waals surface area (Å²) in [5.41, 5.74) is 5.80. The smallest absolute Gasteiger partial charge is 0.320 e. The van der Waals surface area contributed by atoms with Gasteiger partial charge in [-0.05, 0) is 35.4 Å². The van der Waals surface area contributed by atoms with Crippen molar-refractivity contribution in [2.75, 3.05) is 36.5 Å². The molecule has 2 amide bonds. The number of anilines is 2. The summed E-state index contributed by atoms with van der Waals surface area (Å²) in [6.45, 7) is 9.66. The number of pyridine rings is 2. The third kappa shape index (κ3) is 5.92. The molecule has 41 heavy (non-hydrogen) atoms. The van der Waals surface area contributed by atoms with Gasteiger partial charge in [0.25, 0.3) is 0 Å². The van der Waals surface area contributed by atoms with Gasteiger partial charge in [-0.3, -0.25) is 9.72 Å². The molecule has 1 fully saturated rings. The molecule has 0 radical (unpaired) electrons. The van der Waals surface area contributed by atoms with Gasteiger partial charge in [-0.1, -0.05) is 50.2 Å². The molecular formula is C31H33N7O3. The number of rotatable bonds is 6. The number of amides is 2. The van der Waals surface area contributed by atoms with E-state index in [1.54, 1.807) is 6.07 Å². The van der Waals surface area contributed by atoms with Crippen molar-refractivity contribution in [3.8, 4) is 22.4 Å². The van der Waals surface area contributed by atoms with E-state index in [1.165, 1.54) is 0 Å². The first-order valence-corrected chi connectivity index (χ1v) is 13.7. The van der Waals surface area contributed by atoms with Crippen molar-refractivity contribution in [1.82, 2.24) is 24.8 Å². The molecule has 1 saturated heterocycles. The van der Waals surface area contributed by atoms with Crippen LogP contribution >= 0.6 is 0 Å². The Morgan fingerprint density at radius 1 is 0.927 bits per heavy atom. The second-order valence-electron chi connectivity index (χ2n) is 11.1. The molecule has 0 saturated carbocycles. The van der Waals surface area contributed by atoms with Gasteiger partial charge in [0.1, 0.15) is 17.2 Å². The van der Waals surface area contributed by atoms with Crippen LogP contribution in [0.4, 0.5) is 16.4 Å². The van der Waals surface area contributed by atoms with Crippen molar-refractivity contribution in [3.63, 3.8) is 0 Å². The van der Waals surface area contributed by atoms with Gasteiger partial charge in [0.2, 0.25) is 0 Å². The van der Waals surface area contributed by atoms with Crippen LogP contribution in [0.5, 0.6) is 0 Å². The van der Waals surface area contributed by atoms with Crippen LogP contribution in [0.15, 0.2) is 77.7 Å². The number of morpholine rings is 1. The van der Waals surface area contributed by atoms with Crippen LogP contribution in [0.1, 0.15) is 32.1 Å². The van der Waals surface area contributed by atoms with Gasteiger partial charge < -0.3 is 19.5 Å². The number of fused-ring (bicyclic) bond motifs is 1. The number of nitrogens with one attached hydrogen (secondary N) is 2. The Morgan fingerprint density at radius 2 is 1.71 bits per heavy atom. The predicted molar refractivity (Wildman–Crippen MR) is 158 cm³/mol. The molecule has 10 nitrogen and oxygen atoms in total. The minimum Gasteiger partial charge on any atom is -0.378 e. The maximum atomic E-state index is 12.3. The first-order valence-electron chi connectivity index (χ1n) is 13.7. The van der Waals surface area contributed by atoms with Crippen LogP contribution in [0, 0.1) is 0 Å². The Bertz CT molecular complexity index is 1640. The van der Waals surface area contributed by atoms with E-state index in [1.807, 2.05) is 63.6 Å². The highest BCUT2D eigenvalue weighted by Crippen LogP contribution is 2.27. The van der Waals surface area contributed by atoms with E-state index in [-0.39, 0.29) is 11.4 Å². The molecule has 0 aliphatic carbocycles. The number of aromatic nitrogens is 4. The standard InChI is InChI=1S/C31H33N7O3/c1-31(2,3)26-17-27(36-41-26)35-30(39)34-18-21-4-6-22(7-5-21)25-20-33-29-16-23(10-11-38(25)29)24-8-9-28(32-19-24)37-12-14-40-15-13-37/h4-11,16-17,19-20H,12-15,18H2,1-3H3,(H2,34,35,36,39). The van der Waals surface area contributed by atoms with E-state index < -0.39 is 0 Å². The van der Waals surface area contributed by atoms with Crippen LogP contribution in [0.3, 0.4) is 0 Å². The number of carbonyl (C=O) groups is 1. The zero-order valence-electron chi connectivity index (χ0n) is 23.4. The van der Waals surface area contributed by atoms with Crippen molar-refractivity contribution >= 4 is 23.3 Å². The van der Waals surface area contributed by atoms with Gasteiger partial charge >= 0.3 is 6.03 Å². The predicted octanol–water partition coefficient (Wildman–Crippen LogP) is 5.51. The van der Waals surface area contributed by atoms with Crippen LogP contribution in [0.2, 0.25) is 0 Å². The van der Waals surface area contributed by atoms with E-state index in [2.05, 4.69) is 59.3 Å². The molecule has 1 aliphatic heterocycles. The van der Waals surface area contributed by atoms with Gasteiger partial charge in [0.15, 0.2) is 5.82 Å². The zero-order chi connectivity index (χ0) is 28.4. The molecule has 4 aromatic heterocycles. The lowest BCUT2D eigenvalue weighted by Crippen LogP contribution is -2.36. The summed E-state index contributed by atoms with van der Waals surface area (Å²) < 4.78 is 12.8. The average molecular weight is 552 g/mol. The number of hydrogen-bond donors (Lipinski definition) is 2. The average Bonchev–Trinajstić information content (AvgIpc) is 3.64. The monoisotopic (exact) mass is 551 g/mol. The van der Waals surface area contributed by atoms with Crippen molar-refractivity contribution in [1.29, 1.82) is 0 Å². The van der Waals surface area contributed by atoms with Gasteiger partial charge in [-0.2, -0.15) is 0 Å². The molecular weight excluding hydrogens is 518 g/mol. The fourth-order valence-corrected chi connectivity index (χ4v) is 4.73. The zero-order valence-corrected chi connectivity index (χ0v) is 23.4. The van der Waals surface area contributed by atoms with E-state index in [4.69, 9.17) is 9.26 Å². The lowest BCUT2D eigenvalue weighted by molar-refractivity contribution is 0.122. The van der Waals surface area contributed by atoms with Crippen molar-refractivity contribution < 1.29 is 14.1 Å². The fourth-order valence-electron chi connectivity index (χ4n) is 4.73. The number of carbonyl (C=O) groups excluding carboxylic acids is 1. The largest absolute Gasteiger partial charge is 0.378 e. The Labute approximate surface area is 238 Å². The molecule has 0 spiro atoms. The second kappa shape index (κ2) is 11.1. The first kappa shape index (κ1) is 26.5. The molecule has 5 heterocycles. The number of imidazole rings is 1. The van der Waals surface area contributed by atoms with Crippen molar-refractivity contribution in [2.24, 2.45) is 0 Å². The van der Waals surface area contributed by atoms with Crippen LogP contribution in [-0.2, 0) is 16.7 Å². The van der Waals surface area contributed by atoms with Crippen molar-refractivity contribution in [2.45, 2.75) is 32.7 Å². The Morgan fingerprint density at radius 3 is 2.41 bits per heavy atom. The summed E-state index contributed by atoms with van der Waals surface area (Å²) in [6, 6.07) is 17.8. The molecule has 10 heteroatoms. The Balaban J connectivity index is 1.09. The summed E-state index contributed by atoms with van der Waals surface area (Å²) in [5.74, 6) is 2.08. The van der Waals surface area contributed by atoms with Gasteiger partial charge in [0, 0.05) is 54.6 Å². The molecule has 5 aromatic rings. The maximum Gasteiger partial charge on any atom is 0.320 e. The molecule has 0 bridgehead atoms. The number of hydrogen-bond acceptors (Lipinski definition) is 7. The van der Waals surface area contributed by atoms with Gasteiger partial charge in [-0.15, -0.1) is 0 Å². The summed E-state index contributed by atoms with van der Waals surface area (Å²) in [4.78, 5) is 23.9. The highest BCUT2D eigenvalue weighted by Gasteiger charge is 2.20. The second-order valence-corrected chi connectivity index (χ2v) is 11.1. The van der Waals surface area contributed by atoms with Crippen LogP contribution < -0.4 is 15.5 Å². The topological polar surface area (TPSA) is 110 Å². The molecule has 2 N–H and O–H groups in total. The number of urea groups is 1. The minimum atomic E-state index is -0.341. The number of ether oxygens (including phenoxy) is 1. The summed E-state index contributed by atoms with van der Waals surface area (Å²) in [5, 5.41) is 9.50.